The van der Waals surface area contributed by atoms with E-state index in [1.807, 2.05) is 0 Å². The second kappa shape index (κ2) is 3.92. The molecule has 0 aliphatic carbocycles. The number of carboxylic acids is 1. The van der Waals surface area contributed by atoms with E-state index in [1.165, 1.54) is 11.3 Å². The van der Waals surface area contributed by atoms with Crippen molar-refractivity contribution in [2.75, 3.05) is 0 Å². The average molecular weight is 184 g/mol. The second-order valence-corrected chi connectivity index (χ2v) is 3.33. The van der Waals surface area contributed by atoms with Gasteiger partial charge in [0.25, 0.3) is 0 Å². The highest BCUT2D eigenvalue weighted by Gasteiger charge is 2.04. The van der Waals surface area contributed by atoms with Gasteiger partial charge in [0, 0.05) is 11.3 Å². The zero-order valence-corrected chi connectivity index (χ0v) is 7.04. The highest BCUT2D eigenvalue weighted by Crippen LogP contribution is 2.16. The van der Waals surface area contributed by atoms with Gasteiger partial charge >= 0.3 is 5.97 Å². The van der Waals surface area contributed by atoms with Gasteiger partial charge in [0.1, 0.15) is 4.88 Å². The summed E-state index contributed by atoms with van der Waals surface area (Å²) in [5.41, 5.74) is 0. The predicted molar refractivity (Wildman–Crippen MR) is 46.8 cm³/mol. The van der Waals surface area contributed by atoms with Crippen LogP contribution in [0, 0.1) is 0 Å². The number of carbonyl (C=O) groups is 1. The van der Waals surface area contributed by atoms with Crippen molar-refractivity contribution < 1.29 is 15.0 Å². The van der Waals surface area contributed by atoms with Gasteiger partial charge in [0.15, 0.2) is 0 Å². The van der Waals surface area contributed by atoms with E-state index in [4.69, 9.17) is 10.2 Å². The molecular weight excluding hydrogens is 176 g/mol. The Hall–Kier alpha value is -1.29. The molecule has 0 atom stereocenters. The molecule has 0 unspecified atom stereocenters. The van der Waals surface area contributed by atoms with Crippen LogP contribution in [0.1, 0.15) is 14.5 Å². The van der Waals surface area contributed by atoms with Crippen molar-refractivity contribution >= 4 is 17.3 Å². The lowest BCUT2D eigenvalue weighted by atomic mass is 10.3. The minimum atomic E-state index is -0.903. The minimum Gasteiger partial charge on any atom is -0.516 e. The molecule has 0 fully saturated rings. The number of allylic oxidation sites excluding steroid dienone is 1. The third-order valence-corrected chi connectivity index (χ3v) is 2.39. The van der Waals surface area contributed by atoms with Crippen molar-refractivity contribution in [2.24, 2.45) is 0 Å². The van der Waals surface area contributed by atoms with Crippen molar-refractivity contribution in [3.8, 4) is 0 Å². The van der Waals surface area contributed by atoms with Crippen LogP contribution in [0.3, 0.4) is 0 Å². The topological polar surface area (TPSA) is 57.5 Å². The average Bonchev–Trinajstić information content (AvgIpc) is 2.48. The molecule has 3 nitrogen and oxygen atoms in total. The number of hydrogen-bond acceptors (Lipinski definition) is 3. The Morgan fingerprint density at radius 2 is 2.33 bits per heavy atom. The maximum atomic E-state index is 10.4. The fourth-order valence-electron chi connectivity index (χ4n) is 0.771. The van der Waals surface area contributed by atoms with Crippen molar-refractivity contribution in [2.45, 2.75) is 6.42 Å². The third-order valence-electron chi connectivity index (χ3n) is 1.30. The van der Waals surface area contributed by atoms with E-state index >= 15 is 0 Å². The van der Waals surface area contributed by atoms with Crippen molar-refractivity contribution in [3.63, 3.8) is 0 Å². The summed E-state index contributed by atoms with van der Waals surface area (Å²) >= 11 is 1.22. The molecule has 0 bridgehead atoms. The van der Waals surface area contributed by atoms with Crippen LogP contribution in [0.25, 0.3) is 0 Å². The highest BCUT2D eigenvalue weighted by molar-refractivity contribution is 7.13. The SMILES string of the molecule is O=C(O)c1ccc(CC=CO)s1. The van der Waals surface area contributed by atoms with E-state index in [2.05, 4.69) is 0 Å². The Labute approximate surface area is 73.6 Å². The second-order valence-electron chi connectivity index (χ2n) is 2.16. The lowest BCUT2D eigenvalue weighted by molar-refractivity contribution is 0.0702. The van der Waals surface area contributed by atoms with Crippen molar-refractivity contribution in [1.82, 2.24) is 0 Å². The summed E-state index contributed by atoms with van der Waals surface area (Å²) in [6.45, 7) is 0. The number of aromatic carboxylic acids is 1. The standard InChI is InChI=1S/C8H8O3S/c9-5-1-2-6-3-4-7(12-6)8(10)11/h1,3-5,9H,2H2,(H,10,11). The molecular formula is C8H8O3S. The summed E-state index contributed by atoms with van der Waals surface area (Å²) in [4.78, 5) is 11.7. The van der Waals surface area contributed by atoms with Gasteiger partial charge in [-0.2, -0.15) is 0 Å². The van der Waals surface area contributed by atoms with Crippen LogP contribution in [-0.4, -0.2) is 16.2 Å². The van der Waals surface area contributed by atoms with Gasteiger partial charge in [-0.15, -0.1) is 11.3 Å². The van der Waals surface area contributed by atoms with E-state index in [9.17, 15) is 4.79 Å². The van der Waals surface area contributed by atoms with Gasteiger partial charge in [-0.1, -0.05) is 0 Å². The normalized spacial score (nSPS) is 10.7. The molecule has 4 heteroatoms. The van der Waals surface area contributed by atoms with Crippen LogP contribution in [0.15, 0.2) is 24.5 Å². The van der Waals surface area contributed by atoms with Gasteiger partial charge in [-0.05, 0) is 18.2 Å². The molecule has 12 heavy (non-hydrogen) atoms. The van der Waals surface area contributed by atoms with Gasteiger partial charge in [0.2, 0.25) is 0 Å². The minimum absolute atomic E-state index is 0.330. The summed E-state index contributed by atoms with van der Waals surface area (Å²) in [6, 6.07) is 3.31. The number of aliphatic hydroxyl groups excluding tert-OH is 1. The Balaban J connectivity index is 2.70. The van der Waals surface area contributed by atoms with Crippen LogP contribution in [0.2, 0.25) is 0 Å². The molecule has 0 spiro atoms. The molecule has 1 heterocycles. The first-order valence-corrected chi connectivity index (χ1v) is 4.17. The van der Waals surface area contributed by atoms with Crippen LogP contribution >= 0.6 is 11.3 Å². The first kappa shape index (κ1) is 8.80. The van der Waals surface area contributed by atoms with E-state index < -0.39 is 5.97 Å². The van der Waals surface area contributed by atoms with Crippen molar-refractivity contribution in [1.29, 1.82) is 0 Å². The molecule has 0 saturated heterocycles. The Kier molecular flexibility index (Phi) is 2.88. The van der Waals surface area contributed by atoms with Crippen LogP contribution in [0.5, 0.6) is 0 Å². The summed E-state index contributed by atoms with van der Waals surface area (Å²) in [5.74, 6) is -0.903. The molecule has 2 N–H and O–H groups in total. The first-order chi connectivity index (χ1) is 5.74. The van der Waals surface area contributed by atoms with Crippen LogP contribution < -0.4 is 0 Å². The lowest BCUT2D eigenvalue weighted by Crippen LogP contribution is -1.89. The lowest BCUT2D eigenvalue weighted by Gasteiger charge is -1.85. The third kappa shape index (κ3) is 2.10. The smallest absolute Gasteiger partial charge is 0.345 e. The first-order valence-electron chi connectivity index (χ1n) is 3.35. The largest absolute Gasteiger partial charge is 0.516 e. The molecule has 0 aromatic carbocycles. The summed E-state index contributed by atoms with van der Waals surface area (Å²) in [7, 11) is 0. The Bertz CT molecular complexity index is 301. The van der Waals surface area contributed by atoms with Gasteiger partial charge in [-0.25, -0.2) is 4.79 Å². The fraction of sp³-hybridized carbons (Fsp3) is 0.125. The summed E-state index contributed by atoms with van der Waals surface area (Å²) in [6.07, 6.45) is 3.10. The molecule has 0 amide bonds. The summed E-state index contributed by atoms with van der Waals surface area (Å²) in [5, 5.41) is 16.9. The van der Waals surface area contributed by atoms with Crippen LogP contribution in [0.4, 0.5) is 0 Å². The molecule has 0 saturated carbocycles. The number of carboxylic acid groups (broad SMARTS) is 1. The van der Waals surface area contributed by atoms with E-state index in [0.29, 0.717) is 11.3 Å². The molecule has 1 rings (SSSR count). The molecule has 64 valence electrons. The summed E-state index contributed by atoms with van der Waals surface area (Å²) < 4.78 is 0. The number of hydrogen-bond donors (Lipinski definition) is 2. The fourth-order valence-corrected chi connectivity index (χ4v) is 1.59. The zero-order valence-electron chi connectivity index (χ0n) is 6.23. The molecule has 0 aliphatic heterocycles. The number of thiophene rings is 1. The zero-order chi connectivity index (χ0) is 8.97. The molecule has 0 radical (unpaired) electrons. The van der Waals surface area contributed by atoms with Gasteiger partial charge in [0.05, 0.1) is 6.26 Å². The van der Waals surface area contributed by atoms with Gasteiger partial charge < -0.3 is 10.2 Å². The highest BCUT2D eigenvalue weighted by atomic mass is 32.1. The predicted octanol–water partition coefficient (Wildman–Crippen LogP) is 2.06. The van der Waals surface area contributed by atoms with E-state index in [0.717, 1.165) is 11.1 Å². The Morgan fingerprint density at radius 1 is 1.58 bits per heavy atom. The maximum absolute atomic E-state index is 10.4. The van der Waals surface area contributed by atoms with Crippen molar-refractivity contribution in [3.05, 3.63) is 34.2 Å². The molecule has 1 aromatic heterocycles. The number of aliphatic hydroxyl groups is 1. The molecule has 0 aliphatic rings. The van der Waals surface area contributed by atoms with Gasteiger partial charge in [-0.3, -0.25) is 0 Å². The van der Waals surface area contributed by atoms with E-state index in [1.54, 1.807) is 18.2 Å². The van der Waals surface area contributed by atoms with Crippen LogP contribution in [-0.2, 0) is 6.42 Å². The van der Waals surface area contributed by atoms with E-state index in [-0.39, 0.29) is 0 Å². The quantitative estimate of drug-likeness (QED) is 0.707. The Morgan fingerprint density at radius 3 is 2.83 bits per heavy atom. The monoisotopic (exact) mass is 184 g/mol. The number of rotatable bonds is 3. The molecule has 1 aromatic rings. The maximum Gasteiger partial charge on any atom is 0.345 e.